The van der Waals surface area contributed by atoms with Gasteiger partial charge in [0.25, 0.3) is 11.8 Å². The summed E-state index contributed by atoms with van der Waals surface area (Å²) in [6, 6.07) is 8.79. The van der Waals surface area contributed by atoms with Gasteiger partial charge in [0.1, 0.15) is 23.1 Å². The van der Waals surface area contributed by atoms with E-state index in [1.807, 2.05) is 11.9 Å². The SMILES string of the molecule is CCOC(=O)C(CO)N(C)c1c(F)c(Oc2cccc(C3=NCCN3C)c2)nc(Oc2cc(C(=N)N)ccc2O)c1F. The minimum Gasteiger partial charge on any atom is -0.504 e. The van der Waals surface area contributed by atoms with E-state index in [2.05, 4.69) is 9.98 Å². The predicted molar refractivity (Wildman–Crippen MR) is 150 cm³/mol. The second-order valence-electron chi connectivity index (χ2n) is 9.22. The number of nitrogen functional groups attached to an aromatic ring is 1. The largest absolute Gasteiger partial charge is 0.504 e. The van der Waals surface area contributed by atoms with E-state index in [0.717, 1.165) is 11.4 Å². The Bertz CT molecular complexity index is 1530. The van der Waals surface area contributed by atoms with Gasteiger partial charge in [-0.1, -0.05) is 12.1 Å². The molecule has 2 heterocycles. The van der Waals surface area contributed by atoms with Crippen molar-refractivity contribution in [3.8, 4) is 29.0 Å². The number of esters is 1. The van der Waals surface area contributed by atoms with Crippen LogP contribution in [-0.4, -0.2) is 84.2 Å². The second-order valence-corrected chi connectivity index (χ2v) is 9.22. The summed E-state index contributed by atoms with van der Waals surface area (Å²) in [6.45, 7) is 2.03. The number of hydrogen-bond donors (Lipinski definition) is 4. The summed E-state index contributed by atoms with van der Waals surface area (Å²) in [5.41, 5.74) is 5.54. The van der Waals surface area contributed by atoms with Crippen molar-refractivity contribution in [1.29, 1.82) is 5.41 Å². The number of aliphatic hydroxyl groups is 1. The maximum absolute atomic E-state index is 16.0. The van der Waals surface area contributed by atoms with Crippen LogP contribution in [0.4, 0.5) is 14.5 Å². The molecular formula is C28H30F2N6O6. The van der Waals surface area contributed by atoms with Crippen LogP contribution in [0.5, 0.6) is 29.0 Å². The zero-order chi connectivity index (χ0) is 30.6. The lowest BCUT2D eigenvalue weighted by atomic mass is 10.2. The molecule has 1 aliphatic heterocycles. The van der Waals surface area contributed by atoms with Crippen LogP contribution in [0.15, 0.2) is 47.5 Å². The lowest BCUT2D eigenvalue weighted by molar-refractivity contribution is -0.145. The minimum atomic E-state index is -1.49. The standard InChI is InChI=1S/C28H30F2N6O6/c1-4-40-28(39)18(14-37)36(3)23-21(29)26(41-17-7-5-6-16(12-17)25-33-10-11-35(25)2)34-27(22(23)30)42-20-13-15(24(31)32)8-9-19(20)38/h5-9,12-13,18,37-38H,4,10-11,14H2,1-3H3,(H3,31,32). The highest BCUT2D eigenvalue weighted by Gasteiger charge is 2.33. The van der Waals surface area contributed by atoms with E-state index >= 15 is 8.78 Å². The molecule has 5 N–H and O–H groups in total. The van der Waals surface area contributed by atoms with Crippen LogP contribution in [0, 0.1) is 17.0 Å². The lowest BCUT2D eigenvalue weighted by Crippen LogP contribution is -2.43. The molecule has 0 bridgehead atoms. The molecule has 0 saturated heterocycles. The van der Waals surface area contributed by atoms with Crippen molar-refractivity contribution in [2.24, 2.45) is 10.7 Å². The molecule has 14 heteroatoms. The third-order valence-electron chi connectivity index (χ3n) is 6.39. The Kier molecular flexibility index (Phi) is 9.06. The molecule has 0 amide bonds. The van der Waals surface area contributed by atoms with Crippen LogP contribution in [0.2, 0.25) is 0 Å². The number of nitrogens with zero attached hydrogens (tertiary/aromatic N) is 4. The van der Waals surface area contributed by atoms with Crippen LogP contribution in [-0.2, 0) is 9.53 Å². The number of ether oxygens (including phenoxy) is 3. The number of phenolic OH excluding ortho intramolecular Hbond substituents is 1. The highest BCUT2D eigenvalue weighted by molar-refractivity contribution is 6.00. The first kappa shape index (κ1) is 30.0. The Morgan fingerprint density at radius 2 is 1.90 bits per heavy atom. The average Bonchev–Trinajstić information content (AvgIpc) is 3.39. The fourth-order valence-corrected chi connectivity index (χ4v) is 4.21. The third kappa shape index (κ3) is 6.17. The Labute approximate surface area is 240 Å². The molecule has 1 atom stereocenters. The number of benzene rings is 2. The monoisotopic (exact) mass is 584 g/mol. The van der Waals surface area contributed by atoms with Crippen molar-refractivity contribution in [3.05, 3.63) is 65.2 Å². The minimum absolute atomic E-state index is 0.0320. The van der Waals surface area contributed by atoms with E-state index in [-0.39, 0.29) is 29.5 Å². The number of aromatic nitrogens is 1. The van der Waals surface area contributed by atoms with Crippen molar-refractivity contribution >= 4 is 23.3 Å². The average molecular weight is 585 g/mol. The molecule has 1 aromatic heterocycles. The molecule has 2 aromatic carbocycles. The fourth-order valence-electron chi connectivity index (χ4n) is 4.21. The maximum atomic E-state index is 16.0. The van der Waals surface area contributed by atoms with E-state index in [1.54, 1.807) is 25.1 Å². The molecule has 222 valence electrons. The van der Waals surface area contributed by atoms with Gasteiger partial charge < -0.3 is 40.0 Å². The fraction of sp³-hybridized carbons (Fsp3) is 0.286. The number of aromatic hydroxyl groups is 1. The predicted octanol–water partition coefficient (Wildman–Crippen LogP) is 2.99. The first-order valence-electron chi connectivity index (χ1n) is 12.8. The van der Waals surface area contributed by atoms with Crippen LogP contribution < -0.4 is 20.1 Å². The van der Waals surface area contributed by atoms with Gasteiger partial charge in [0.2, 0.25) is 11.6 Å². The number of nitrogens with one attached hydrogen (secondary N) is 1. The number of aliphatic hydroxyl groups excluding tert-OH is 1. The number of amidine groups is 2. The van der Waals surface area contributed by atoms with E-state index < -0.39 is 53.4 Å². The topological polar surface area (TPSA) is 167 Å². The zero-order valence-corrected chi connectivity index (χ0v) is 23.1. The van der Waals surface area contributed by atoms with Crippen molar-refractivity contribution < 1.29 is 38.0 Å². The third-order valence-corrected chi connectivity index (χ3v) is 6.39. The number of aliphatic imine (C=N–C) groups is 1. The summed E-state index contributed by atoms with van der Waals surface area (Å²) in [7, 11) is 3.05. The molecule has 12 nitrogen and oxygen atoms in total. The van der Waals surface area contributed by atoms with Crippen LogP contribution in [0.3, 0.4) is 0 Å². The molecule has 0 spiro atoms. The van der Waals surface area contributed by atoms with Crippen LogP contribution >= 0.6 is 0 Å². The van der Waals surface area contributed by atoms with Gasteiger partial charge in [0, 0.05) is 31.8 Å². The second kappa shape index (κ2) is 12.7. The van der Waals surface area contributed by atoms with E-state index in [1.165, 1.54) is 31.3 Å². The Hall–Kier alpha value is -4.98. The Morgan fingerprint density at radius 3 is 2.52 bits per heavy atom. The van der Waals surface area contributed by atoms with Gasteiger partial charge in [-0.15, -0.1) is 0 Å². The number of halogens is 2. The first-order valence-corrected chi connectivity index (χ1v) is 12.8. The van der Waals surface area contributed by atoms with Crippen molar-refractivity contribution in [2.45, 2.75) is 13.0 Å². The summed E-state index contributed by atoms with van der Waals surface area (Å²) in [4.78, 5) is 23.6. The number of nitrogens with two attached hydrogens (primary N) is 1. The van der Waals surface area contributed by atoms with Crippen LogP contribution in [0.1, 0.15) is 18.1 Å². The number of pyridine rings is 1. The Morgan fingerprint density at radius 1 is 1.19 bits per heavy atom. The van der Waals surface area contributed by atoms with Gasteiger partial charge in [-0.2, -0.15) is 13.8 Å². The molecule has 0 aliphatic carbocycles. The molecule has 4 rings (SSSR count). The van der Waals surface area contributed by atoms with Crippen LogP contribution in [0.25, 0.3) is 0 Å². The normalized spacial score (nSPS) is 13.4. The molecule has 1 unspecified atom stereocenters. The zero-order valence-electron chi connectivity index (χ0n) is 23.1. The molecule has 1 aliphatic rings. The number of hydrogen-bond acceptors (Lipinski definition) is 11. The molecular weight excluding hydrogens is 554 g/mol. The number of carbonyl (C=O) groups is 1. The van der Waals surface area contributed by atoms with Crippen molar-refractivity contribution in [2.75, 3.05) is 45.3 Å². The van der Waals surface area contributed by atoms with E-state index in [4.69, 9.17) is 25.4 Å². The molecule has 0 radical (unpaired) electrons. The van der Waals surface area contributed by atoms with Gasteiger partial charge in [0.15, 0.2) is 17.5 Å². The summed E-state index contributed by atoms with van der Waals surface area (Å²) < 4.78 is 48.1. The molecule has 3 aromatic rings. The van der Waals surface area contributed by atoms with Crippen molar-refractivity contribution in [3.63, 3.8) is 0 Å². The van der Waals surface area contributed by atoms with Crippen molar-refractivity contribution in [1.82, 2.24) is 9.88 Å². The van der Waals surface area contributed by atoms with Gasteiger partial charge in [-0.3, -0.25) is 10.4 Å². The lowest BCUT2D eigenvalue weighted by Gasteiger charge is -2.28. The number of phenols is 1. The van der Waals surface area contributed by atoms with Gasteiger partial charge in [0.05, 0.1) is 19.8 Å². The summed E-state index contributed by atoms with van der Waals surface area (Å²) in [5, 5.41) is 27.8. The number of anilines is 1. The number of likely N-dealkylation sites (N-methyl/N-ethyl adjacent to an activating group) is 2. The number of carbonyl (C=O) groups excluding carboxylic acids is 1. The van der Waals surface area contributed by atoms with Gasteiger partial charge in [-0.25, -0.2) is 4.79 Å². The molecule has 42 heavy (non-hydrogen) atoms. The summed E-state index contributed by atoms with van der Waals surface area (Å²) in [5.74, 6) is -5.45. The van der Waals surface area contributed by atoms with Gasteiger partial charge >= 0.3 is 5.97 Å². The summed E-state index contributed by atoms with van der Waals surface area (Å²) in [6.07, 6.45) is 0. The van der Waals surface area contributed by atoms with E-state index in [0.29, 0.717) is 17.9 Å². The highest BCUT2D eigenvalue weighted by atomic mass is 19.1. The van der Waals surface area contributed by atoms with E-state index in [9.17, 15) is 15.0 Å². The Balaban J connectivity index is 1.82. The molecule has 0 saturated carbocycles. The first-order chi connectivity index (χ1) is 20.0. The van der Waals surface area contributed by atoms with Gasteiger partial charge in [-0.05, 0) is 37.3 Å². The quantitative estimate of drug-likeness (QED) is 0.149. The summed E-state index contributed by atoms with van der Waals surface area (Å²) >= 11 is 0. The number of rotatable bonds is 11. The smallest absolute Gasteiger partial charge is 0.331 e. The highest BCUT2D eigenvalue weighted by Crippen LogP contribution is 2.40. The maximum Gasteiger partial charge on any atom is 0.331 e. The molecule has 0 fully saturated rings.